The third kappa shape index (κ3) is 5.05. The van der Waals surface area contributed by atoms with E-state index >= 15 is 0 Å². The van der Waals surface area contributed by atoms with Crippen LogP contribution in [0.3, 0.4) is 0 Å². The summed E-state index contributed by atoms with van der Waals surface area (Å²) in [5.74, 6) is 1.41. The van der Waals surface area contributed by atoms with Gasteiger partial charge in [-0.05, 0) is 49.4 Å². The number of hydrogen-bond acceptors (Lipinski definition) is 1. The minimum Gasteiger partial charge on any atom is -0.493 e. The van der Waals surface area contributed by atoms with Crippen LogP contribution in [0.5, 0.6) is 5.75 Å². The molecule has 0 saturated carbocycles. The molecule has 2 rings (SSSR count). The summed E-state index contributed by atoms with van der Waals surface area (Å²) in [5.41, 5.74) is 3.56. The molecule has 0 aliphatic carbocycles. The molecule has 0 heterocycles. The number of alkyl halides is 1. The van der Waals surface area contributed by atoms with Gasteiger partial charge in [0.2, 0.25) is 0 Å². The second-order valence-corrected chi connectivity index (χ2v) is 6.32. The van der Waals surface area contributed by atoms with Crippen molar-refractivity contribution in [2.24, 2.45) is 0 Å². The number of unbranched alkanes of at least 4 members (excludes halogenated alkanes) is 1. The Hall–Kier alpha value is -0.990. The number of benzene rings is 2. The van der Waals surface area contributed by atoms with Gasteiger partial charge in [0.25, 0.3) is 0 Å². The fourth-order valence-corrected chi connectivity index (χ4v) is 3.17. The van der Waals surface area contributed by atoms with Gasteiger partial charge >= 0.3 is 0 Å². The van der Waals surface area contributed by atoms with Crippen LogP contribution in [0.2, 0.25) is 0 Å². The maximum Gasteiger partial charge on any atom is 0.126 e. The van der Waals surface area contributed by atoms with Crippen molar-refractivity contribution in [3.05, 3.63) is 63.6 Å². The van der Waals surface area contributed by atoms with E-state index in [2.05, 4.69) is 59.3 Å². The molecule has 21 heavy (non-hydrogen) atoms. The average molecular weight is 368 g/mol. The maximum atomic E-state index is 6.00. The molecule has 0 unspecified atom stereocenters. The lowest BCUT2D eigenvalue weighted by Gasteiger charge is -2.13. The minimum atomic E-state index is 0.472. The van der Waals surface area contributed by atoms with E-state index in [4.69, 9.17) is 16.3 Å². The van der Waals surface area contributed by atoms with Crippen LogP contribution in [0.4, 0.5) is 0 Å². The SMILES string of the molecule is Cc1cc(Br)cc(CCl)c1OCCCCc1ccccc1. The molecular formula is C18H20BrClO. The Morgan fingerprint density at radius 1 is 1.10 bits per heavy atom. The Balaban J connectivity index is 1.81. The second-order valence-electron chi connectivity index (χ2n) is 5.14. The van der Waals surface area contributed by atoms with Gasteiger partial charge in [-0.3, -0.25) is 0 Å². The molecule has 0 spiro atoms. The molecule has 0 saturated heterocycles. The van der Waals surface area contributed by atoms with Crippen LogP contribution in [-0.2, 0) is 12.3 Å². The van der Waals surface area contributed by atoms with Crippen LogP contribution in [0, 0.1) is 6.92 Å². The average Bonchev–Trinajstić information content (AvgIpc) is 2.49. The topological polar surface area (TPSA) is 9.23 Å². The number of aryl methyl sites for hydroxylation is 2. The Morgan fingerprint density at radius 3 is 2.57 bits per heavy atom. The van der Waals surface area contributed by atoms with Crippen molar-refractivity contribution >= 4 is 27.5 Å². The first-order valence-electron chi connectivity index (χ1n) is 7.22. The molecule has 0 aromatic heterocycles. The van der Waals surface area contributed by atoms with E-state index < -0.39 is 0 Å². The highest BCUT2D eigenvalue weighted by Crippen LogP contribution is 2.29. The molecule has 0 aliphatic rings. The van der Waals surface area contributed by atoms with Gasteiger partial charge < -0.3 is 4.74 Å². The van der Waals surface area contributed by atoms with Crippen LogP contribution in [-0.4, -0.2) is 6.61 Å². The molecule has 112 valence electrons. The van der Waals surface area contributed by atoms with E-state index in [1.54, 1.807) is 0 Å². The third-order valence-electron chi connectivity index (χ3n) is 3.41. The van der Waals surface area contributed by atoms with Gasteiger partial charge in [-0.25, -0.2) is 0 Å². The lowest BCUT2D eigenvalue weighted by Crippen LogP contribution is -2.02. The summed E-state index contributed by atoms with van der Waals surface area (Å²) in [7, 11) is 0. The number of halogens is 2. The first-order chi connectivity index (χ1) is 10.2. The third-order valence-corrected chi connectivity index (χ3v) is 4.16. The molecule has 1 nitrogen and oxygen atoms in total. The molecule has 0 amide bonds. The molecule has 0 atom stereocenters. The Bertz CT molecular complexity index is 569. The molecule has 0 fully saturated rings. The Labute approximate surface area is 140 Å². The molecule has 0 N–H and O–H groups in total. The highest BCUT2D eigenvalue weighted by molar-refractivity contribution is 9.10. The first-order valence-corrected chi connectivity index (χ1v) is 8.55. The van der Waals surface area contributed by atoms with E-state index in [9.17, 15) is 0 Å². The predicted molar refractivity (Wildman–Crippen MR) is 93.3 cm³/mol. The lowest BCUT2D eigenvalue weighted by atomic mass is 10.1. The maximum absolute atomic E-state index is 6.00. The van der Waals surface area contributed by atoms with Crippen molar-refractivity contribution in [3.63, 3.8) is 0 Å². The fraction of sp³-hybridized carbons (Fsp3) is 0.333. The quantitative estimate of drug-likeness (QED) is 0.437. The molecule has 0 bridgehead atoms. The second kappa shape index (κ2) is 8.45. The highest BCUT2D eigenvalue weighted by Gasteiger charge is 2.08. The van der Waals surface area contributed by atoms with Crippen molar-refractivity contribution in [3.8, 4) is 5.75 Å². The van der Waals surface area contributed by atoms with Crippen LogP contribution >= 0.6 is 27.5 Å². The monoisotopic (exact) mass is 366 g/mol. The van der Waals surface area contributed by atoms with Crippen LogP contribution in [0.25, 0.3) is 0 Å². The van der Waals surface area contributed by atoms with Crippen LogP contribution in [0.15, 0.2) is 46.9 Å². The van der Waals surface area contributed by atoms with Gasteiger partial charge in [0.05, 0.1) is 12.5 Å². The van der Waals surface area contributed by atoms with Gasteiger partial charge in [-0.1, -0.05) is 46.3 Å². The van der Waals surface area contributed by atoms with Gasteiger partial charge in [0.15, 0.2) is 0 Å². The zero-order valence-electron chi connectivity index (χ0n) is 12.2. The molecule has 0 aliphatic heterocycles. The van der Waals surface area contributed by atoms with Gasteiger partial charge in [0, 0.05) is 10.0 Å². The zero-order chi connectivity index (χ0) is 15.1. The van der Waals surface area contributed by atoms with Crippen molar-refractivity contribution in [1.82, 2.24) is 0 Å². The molecule has 2 aromatic rings. The largest absolute Gasteiger partial charge is 0.493 e. The summed E-state index contributed by atoms with van der Waals surface area (Å²) in [6.07, 6.45) is 3.29. The standard InChI is InChI=1S/C18H20BrClO/c1-14-11-17(19)12-16(13-20)18(14)21-10-6-5-9-15-7-3-2-4-8-15/h2-4,7-8,11-12H,5-6,9-10,13H2,1H3. The minimum absolute atomic E-state index is 0.472. The van der Waals surface area contributed by atoms with Gasteiger partial charge in [-0.15, -0.1) is 11.6 Å². The fourth-order valence-electron chi connectivity index (χ4n) is 2.36. The number of ether oxygens (including phenoxy) is 1. The first kappa shape index (κ1) is 16.4. The summed E-state index contributed by atoms with van der Waals surface area (Å²) in [6, 6.07) is 14.7. The van der Waals surface area contributed by atoms with Crippen molar-refractivity contribution in [2.45, 2.75) is 32.1 Å². The van der Waals surface area contributed by atoms with E-state index in [1.165, 1.54) is 5.56 Å². The normalized spacial score (nSPS) is 10.6. The zero-order valence-corrected chi connectivity index (χ0v) is 14.6. The van der Waals surface area contributed by atoms with E-state index in [0.717, 1.165) is 47.2 Å². The summed E-state index contributed by atoms with van der Waals surface area (Å²) < 4.78 is 6.99. The molecular weight excluding hydrogens is 348 g/mol. The van der Waals surface area contributed by atoms with Crippen molar-refractivity contribution in [2.75, 3.05) is 6.61 Å². The van der Waals surface area contributed by atoms with E-state index in [-0.39, 0.29) is 0 Å². The Morgan fingerprint density at radius 2 is 1.86 bits per heavy atom. The summed E-state index contributed by atoms with van der Waals surface area (Å²) >= 11 is 9.49. The summed E-state index contributed by atoms with van der Waals surface area (Å²) in [6.45, 7) is 2.79. The van der Waals surface area contributed by atoms with Gasteiger partial charge in [0.1, 0.15) is 5.75 Å². The predicted octanol–water partition coefficient (Wildman–Crippen LogP) is 5.90. The highest BCUT2D eigenvalue weighted by atomic mass is 79.9. The van der Waals surface area contributed by atoms with Gasteiger partial charge in [-0.2, -0.15) is 0 Å². The van der Waals surface area contributed by atoms with Crippen molar-refractivity contribution < 1.29 is 4.74 Å². The number of rotatable bonds is 7. The smallest absolute Gasteiger partial charge is 0.126 e. The number of hydrogen-bond donors (Lipinski definition) is 0. The van der Waals surface area contributed by atoms with Crippen molar-refractivity contribution in [1.29, 1.82) is 0 Å². The summed E-state index contributed by atoms with van der Waals surface area (Å²) in [4.78, 5) is 0. The van der Waals surface area contributed by atoms with E-state index in [1.807, 2.05) is 6.07 Å². The Kier molecular flexibility index (Phi) is 6.59. The van der Waals surface area contributed by atoms with Crippen LogP contribution in [0.1, 0.15) is 29.5 Å². The molecule has 3 heteroatoms. The molecule has 2 aromatic carbocycles. The van der Waals surface area contributed by atoms with E-state index in [0.29, 0.717) is 5.88 Å². The summed E-state index contributed by atoms with van der Waals surface area (Å²) in [5, 5.41) is 0. The molecule has 0 radical (unpaired) electrons. The van der Waals surface area contributed by atoms with Crippen LogP contribution < -0.4 is 4.74 Å². The lowest BCUT2D eigenvalue weighted by molar-refractivity contribution is 0.302.